The number of hydrogen-bond acceptors (Lipinski definition) is 4. The van der Waals surface area contributed by atoms with Gasteiger partial charge in [0.1, 0.15) is 12.4 Å². The third kappa shape index (κ3) is 3.48. The van der Waals surface area contributed by atoms with E-state index in [0.717, 1.165) is 25.3 Å². The summed E-state index contributed by atoms with van der Waals surface area (Å²) in [6.45, 7) is 2.73. The van der Waals surface area contributed by atoms with Crippen molar-refractivity contribution >= 4 is 17.2 Å². The highest BCUT2D eigenvalue weighted by atomic mass is 32.1. The zero-order chi connectivity index (χ0) is 15.4. The Morgan fingerprint density at radius 3 is 3.00 bits per heavy atom. The first kappa shape index (κ1) is 15.1. The Bertz CT molecular complexity index is 627. The molecular weight excluding hydrogens is 296 g/mol. The SMILES string of the molecule is NCC1CCN(C(=O)c2cccc(OCc3cccs3)c2)C1. The zero-order valence-corrected chi connectivity index (χ0v) is 13.2. The van der Waals surface area contributed by atoms with Crippen LogP contribution in [0.15, 0.2) is 41.8 Å². The molecule has 22 heavy (non-hydrogen) atoms. The third-order valence-corrected chi connectivity index (χ3v) is 4.80. The van der Waals surface area contributed by atoms with Crippen molar-refractivity contribution in [1.82, 2.24) is 4.90 Å². The summed E-state index contributed by atoms with van der Waals surface area (Å²) in [5, 5.41) is 2.03. The Morgan fingerprint density at radius 2 is 2.27 bits per heavy atom. The predicted molar refractivity (Wildman–Crippen MR) is 88.2 cm³/mol. The molecule has 2 heterocycles. The number of nitrogens with zero attached hydrogens (tertiary/aromatic N) is 1. The number of nitrogens with two attached hydrogens (primary N) is 1. The molecule has 0 radical (unpaired) electrons. The van der Waals surface area contributed by atoms with Crippen molar-refractivity contribution in [2.45, 2.75) is 13.0 Å². The van der Waals surface area contributed by atoms with Crippen molar-refractivity contribution < 1.29 is 9.53 Å². The van der Waals surface area contributed by atoms with E-state index in [1.54, 1.807) is 11.3 Å². The van der Waals surface area contributed by atoms with E-state index in [1.165, 1.54) is 4.88 Å². The van der Waals surface area contributed by atoms with Crippen molar-refractivity contribution in [1.29, 1.82) is 0 Å². The van der Waals surface area contributed by atoms with Crippen molar-refractivity contribution in [2.75, 3.05) is 19.6 Å². The van der Waals surface area contributed by atoms with Gasteiger partial charge in [-0.25, -0.2) is 0 Å². The van der Waals surface area contributed by atoms with Gasteiger partial charge in [0.25, 0.3) is 5.91 Å². The predicted octanol–water partition coefficient (Wildman–Crippen LogP) is 2.75. The van der Waals surface area contributed by atoms with Crippen LogP contribution in [0.1, 0.15) is 21.7 Å². The molecule has 1 aliphatic rings. The first-order valence-corrected chi connectivity index (χ1v) is 8.39. The van der Waals surface area contributed by atoms with E-state index in [4.69, 9.17) is 10.5 Å². The molecule has 1 saturated heterocycles. The molecule has 1 aliphatic heterocycles. The maximum absolute atomic E-state index is 12.5. The molecule has 1 aromatic heterocycles. The van der Waals surface area contributed by atoms with Gasteiger partial charge in [0.2, 0.25) is 0 Å². The van der Waals surface area contributed by atoms with E-state index in [2.05, 4.69) is 0 Å². The lowest BCUT2D eigenvalue weighted by molar-refractivity contribution is 0.0787. The second-order valence-electron chi connectivity index (χ2n) is 5.54. The average Bonchev–Trinajstić information content (AvgIpc) is 3.24. The van der Waals surface area contributed by atoms with Crippen LogP contribution in [-0.4, -0.2) is 30.4 Å². The van der Waals surface area contributed by atoms with Gasteiger partial charge >= 0.3 is 0 Å². The van der Waals surface area contributed by atoms with Gasteiger partial charge in [0.05, 0.1) is 0 Å². The van der Waals surface area contributed by atoms with E-state index in [9.17, 15) is 4.79 Å². The van der Waals surface area contributed by atoms with Crippen LogP contribution in [0, 0.1) is 5.92 Å². The highest BCUT2D eigenvalue weighted by molar-refractivity contribution is 7.09. The summed E-state index contributed by atoms with van der Waals surface area (Å²) in [4.78, 5) is 15.6. The lowest BCUT2D eigenvalue weighted by Gasteiger charge is -2.16. The number of rotatable bonds is 5. The summed E-state index contributed by atoms with van der Waals surface area (Å²) < 4.78 is 5.77. The summed E-state index contributed by atoms with van der Waals surface area (Å²) >= 11 is 1.66. The molecule has 5 heteroatoms. The molecule has 116 valence electrons. The molecule has 4 nitrogen and oxygen atoms in total. The molecule has 3 rings (SSSR count). The molecule has 1 aromatic carbocycles. The highest BCUT2D eigenvalue weighted by Crippen LogP contribution is 2.21. The molecule has 2 N–H and O–H groups in total. The van der Waals surface area contributed by atoms with Gasteiger partial charge in [0.15, 0.2) is 0 Å². The van der Waals surface area contributed by atoms with E-state index >= 15 is 0 Å². The quantitative estimate of drug-likeness (QED) is 0.923. The number of benzene rings is 1. The molecule has 1 atom stereocenters. The minimum absolute atomic E-state index is 0.0672. The maximum Gasteiger partial charge on any atom is 0.253 e. The fourth-order valence-electron chi connectivity index (χ4n) is 2.66. The molecule has 0 aliphatic carbocycles. The summed E-state index contributed by atoms with van der Waals surface area (Å²) in [5.41, 5.74) is 6.37. The van der Waals surface area contributed by atoms with Crippen LogP contribution in [0.5, 0.6) is 5.75 Å². The third-order valence-electron chi connectivity index (χ3n) is 3.95. The van der Waals surface area contributed by atoms with E-state index in [0.29, 0.717) is 24.6 Å². The minimum Gasteiger partial charge on any atom is -0.488 e. The Morgan fingerprint density at radius 1 is 1.36 bits per heavy atom. The second kappa shape index (κ2) is 6.94. The fraction of sp³-hybridized carbons (Fsp3) is 0.353. The van der Waals surface area contributed by atoms with Crippen LogP contribution < -0.4 is 10.5 Å². The smallest absolute Gasteiger partial charge is 0.253 e. The largest absolute Gasteiger partial charge is 0.488 e. The topological polar surface area (TPSA) is 55.6 Å². The Balaban J connectivity index is 1.64. The molecule has 2 aromatic rings. The number of hydrogen-bond donors (Lipinski definition) is 1. The van der Waals surface area contributed by atoms with Gasteiger partial charge < -0.3 is 15.4 Å². The Hall–Kier alpha value is -1.85. The molecule has 1 unspecified atom stereocenters. The molecule has 1 amide bonds. The van der Waals surface area contributed by atoms with Gasteiger partial charge in [-0.05, 0) is 48.5 Å². The lowest BCUT2D eigenvalue weighted by Crippen LogP contribution is -2.29. The Kier molecular flexibility index (Phi) is 4.75. The molecule has 0 saturated carbocycles. The lowest BCUT2D eigenvalue weighted by atomic mass is 10.1. The highest BCUT2D eigenvalue weighted by Gasteiger charge is 2.26. The second-order valence-corrected chi connectivity index (χ2v) is 6.57. The van der Waals surface area contributed by atoms with Gasteiger partial charge in [-0.1, -0.05) is 12.1 Å². The molecule has 1 fully saturated rings. The molecule has 0 bridgehead atoms. The zero-order valence-electron chi connectivity index (χ0n) is 12.4. The van der Waals surface area contributed by atoms with Crippen molar-refractivity contribution in [3.63, 3.8) is 0 Å². The number of ether oxygens (including phenoxy) is 1. The van der Waals surface area contributed by atoms with Gasteiger partial charge in [-0.15, -0.1) is 11.3 Å². The number of amides is 1. The van der Waals surface area contributed by atoms with Crippen LogP contribution >= 0.6 is 11.3 Å². The number of carbonyl (C=O) groups is 1. The van der Waals surface area contributed by atoms with Crippen molar-refractivity contribution in [3.05, 3.63) is 52.2 Å². The number of thiophene rings is 1. The fourth-order valence-corrected chi connectivity index (χ4v) is 3.28. The van der Waals surface area contributed by atoms with Crippen LogP contribution in [0.4, 0.5) is 0 Å². The normalized spacial score (nSPS) is 17.7. The molecule has 0 spiro atoms. The summed E-state index contributed by atoms with van der Waals surface area (Å²) in [5.74, 6) is 1.23. The summed E-state index contributed by atoms with van der Waals surface area (Å²) in [6, 6.07) is 11.5. The maximum atomic E-state index is 12.5. The average molecular weight is 316 g/mol. The van der Waals surface area contributed by atoms with E-state index < -0.39 is 0 Å². The van der Waals surface area contributed by atoms with E-state index in [-0.39, 0.29) is 5.91 Å². The number of likely N-dealkylation sites (tertiary alicyclic amines) is 1. The van der Waals surface area contributed by atoms with Crippen molar-refractivity contribution in [3.8, 4) is 5.75 Å². The first-order valence-electron chi connectivity index (χ1n) is 7.51. The van der Waals surface area contributed by atoms with E-state index in [1.807, 2.05) is 46.7 Å². The van der Waals surface area contributed by atoms with Crippen molar-refractivity contribution in [2.24, 2.45) is 11.7 Å². The summed E-state index contributed by atoms with van der Waals surface area (Å²) in [6.07, 6.45) is 0.997. The van der Waals surface area contributed by atoms with Gasteiger partial charge in [-0.3, -0.25) is 4.79 Å². The van der Waals surface area contributed by atoms with Gasteiger partial charge in [-0.2, -0.15) is 0 Å². The van der Waals surface area contributed by atoms with Crippen LogP contribution in [0.25, 0.3) is 0 Å². The van der Waals surface area contributed by atoms with Crippen LogP contribution in [0.2, 0.25) is 0 Å². The van der Waals surface area contributed by atoms with Crippen LogP contribution in [0.3, 0.4) is 0 Å². The van der Waals surface area contributed by atoms with Crippen LogP contribution in [-0.2, 0) is 6.61 Å². The first-order chi connectivity index (χ1) is 10.8. The van der Waals surface area contributed by atoms with Gasteiger partial charge in [0, 0.05) is 23.5 Å². The minimum atomic E-state index is 0.0672. The Labute approximate surface area is 134 Å². The summed E-state index contributed by atoms with van der Waals surface area (Å²) in [7, 11) is 0. The standard InChI is InChI=1S/C17H20N2O2S/c18-10-13-6-7-19(11-13)17(20)14-3-1-4-15(9-14)21-12-16-5-2-8-22-16/h1-5,8-9,13H,6-7,10-12,18H2. The number of carbonyl (C=O) groups excluding carboxylic acids is 1. The monoisotopic (exact) mass is 316 g/mol. The molecular formula is C17H20N2O2S.